The fourth-order valence-electron chi connectivity index (χ4n) is 7.97. The molecule has 0 aliphatic heterocycles. The smallest absolute Gasteiger partial charge is 0.146 e. The van der Waals surface area contributed by atoms with Crippen LogP contribution in [0, 0.1) is 0 Å². The van der Waals surface area contributed by atoms with Crippen LogP contribution in [0.2, 0.25) is 0 Å². The normalized spacial score (nSPS) is 12.3. The van der Waals surface area contributed by atoms with Gasteiger partial charge in [-0.1, -0.05) is 66.7 Å². The summed E-state index contributed by atoms with van der Waals surface area (Å²) in [5, 5.41) is 8.41. The molecule has 6 aromatic carbocycles. The minimum atomic E-state index is 0.947. The molecule has 0 aliphatic rings. The first kappa shape index (κ1) is 24.8. The van der Waals surface area contributed by atoms with Gasteiger partial charge in [0.15, 0.2) is 0 Å². The SMILES string of the molecule is c1ccc(-n2c3ccccc3c3c4c5cc6c(cc5n(-c5ccccc5)c4ccc32)c2ccncc2n2c3ccccc3nc62)cc1. The number of fused-ring (bicyclic) bond motifs is 15. The molecule has 0 amide bonds. The maximum Gasteiger partial charge on any atom is 0.146 e. The Bertz CT molecular complexity index is 3060. The van der Waals surface area contributed by atoms with Crippen LogP contribution < -0.4 is 0 Å². The van der Waals surface area contributed by atoms with Crippen molar-refractivity contribution in [3.63, 3.8) is 0 Å². The third-order valence-electron chi connectivity index (χ3n) is 9.87. The summed E-state index contributed by atoms with van der Waals surface area (Å²) in [5.74, 6) is 0. The van der Waals surface area contributed by atoms with Gasteiger partial charge in [0.25, 0.3) is 0 Å². The van der Waals surface area contributed by atoms with Crippen molar-refractivity contribution >= 4 is 82.0 Å². The molecular formula is C42H25N5. The molecule has 0 spiro atoms. The summed E-state index contributed by atoms with van der Waals surface area (Å²) in [7, 11) is 0. The molecule has 5 heteroatoms. The van der Waals surface area contributed by atoms with Crippen LogP contribution in [0.4, 0.5) is 0 Å². The summed E-state index contributed by atoms with van der Waals surface area (Å²) < 4.78 is 7.10. The number of pyridine rings is 2. The summed E-state index contributed by atoms with van der Waals surface area (Å²) in [4.78, 5) is 9.78. The van der Waals surface area contributed by atoms with E-state index in [4.69, 9.17) is 4.98 Å². The van der Waals surface area contributed by atoms with Crippen molar-refractivity contribution in [2.45, 2.75) is 0 Å². The Morgan fingerprint density at radius 3 is 1.81 bits per heavy atom. The molecule has 0 fully saturated rings. The Hall–Kier alpha value is -6.46. The monoisotopic (exact) mass is 599 g/mol. The fourth-order valence-corrected chi connectivity index (χ4v) is 7.97. The first-order chi connectivity index (χ1) is 23.3. The molecule has 5 heterocycles. The van der Waals surface area contributed by atoms with E-state index in [1.54, 1.807) is 0 Å². The first-order valence-corrected chi connectivity index (χ1v) is 15.9. The van der Waals surface area contributed by atoms with Gasteiger partial charge >= 0.3 is 0 Å². The molecule has 47 heavy (non-hydrogen) atoms. The second-order valence-electron chi connectivity index (χ2n) is 12.3. The van der Waals surface area contributed by atoms with Crippen molar-refractivity contribution in [1.29, 1.82) is 0 Å². The van der Waals surface area contributed by atoms with E-state index in [1.165, 1.54) is 49.0 Å². The van der Waals surface area contributed by atoms with Crippen LogP contribution in [-0.4, -0.2) is 23.5 Å². The quantitative estimate of drug-likeness (QED) is 0.186. The van der Waals surface area contributed by atoms with Gasteiger partial charge < -0.3 is 9.13 Å². The minimum absolute atomic E-state index is 0.947. The molecule has 0 atom stereocenters. The van der Waals surface area contributed by atoms with Gasteiger partial charge in [-0.15, -0.1) is 0 Å². The lowest BCUT2D eigenvalue weighted by Gasteiger charge is -2.11. The van der Waals surface area contributed by atoms with E-state index in [-0.39, 0.29) is 0 Å². The Labute approximate surface area is 268 Å². The van der Waals surface area contributed by atoms with Crippen LogP contribution in [0.3, 0.4) is 0 Å². The van der Waals surface area contributed by atoms with Crippen LogP contribution in [0.15, 0.2) is 152 Å². The zero-order valence-corrected chi connectivity index (χ0v) is 25.2. The van der Waals surface area contributed by atoms with Gasteiger partial charge in [0.05, 0.1) is 44.8 Å². The van der Waals surface area contributed by atoms with Crippen molar-refractivity contribution in [2.24, 2.45) is 0 Å². The Kier molecular flexibility index (Phi) is 4.78. The number of hydrogen-bond donors (Lipinski definition) is 0. The number of imidazole rings is 1. The molecule has 218 valence electrons. The van der Waals surface area contributed by atoms with Gasteiger partial charge in [-0.2, -0.15) is 0 Å². The van der Waals surface area contributed by atoms with Crippen LogP contribution in [0.25, 0.3) is 93.3 Å². The molecule has 0 N–H and O–H groups in total. The summed E-state index contributed by atoms with van der Waals surface area (Å²) in [6, 6.07) is 50.1. The zero-order valence-electron chi connectivity index (χ0n) is 25.2. The standard InChI is InChI=1S/C42H25N5/c1-3-11-26(12-4-1)45-34-17-9-7-15-29(34)40-36(45)19-20-37-41(40)32-23-31-30(24-38(32)46(37)27-13-5-2-6-14-27)28-21-22-43-25-39(28)47-35-18-10-8-16-33(35)44-42(31)47/h1-25H. The average Bonchev–Trinajstić information content (AvgIpc) is 3.79. The topological polar surface area (TPSA) is 40.0 Å². The molecule has 11 rings (SSSR count). The third-order valence-corrected chi connectivity index (χ3v) is 9.87. The van der Waals surface area contributed by atoms with Gasteiger partial charge in [0.1, 0.15) is 5.65 Å². The molecule has 0 unspecified atom stereocenters. The Balaban J connectivity index is 1.42. The number of para-hydroxylation sites is 5. The van der Waals surface area contributed by atoms with Crippen LogP contribution in [0.1, 0.15) is 0 Å². The molecule has 5 aromatic heterocycles. The molecule has 11 aromatic rings. The number of nitrogens with zero attached hydrogens (tertiary/aromatic N) is 5. The lowest BCUT2D eigenvalue weighted by molar-refractivity contribution is 1.17. The van der Waals surface area contributed by atoms with E-state index >= 15 is 0 Å². The van der Waals surface area contributed by atoms with Crippen LogP contribution in [0.5, 0.6) is 0 Å². The predicted octanol–water partition coefficient (Wildman–Crippen LogP) is 10.4. The first-order valence-electron chi connectivity index (χ1n) is 15.9. The summed E-state index contributed by atoms with van der Waals surface area (Å²) >= 11 is 0. The lowest BCUT2D eigenvalue weighted by Crippen LogP contribution is -1.95. The number of rotatable bonds is 2. The van der Waals surface area contributed by atoms with Gasteiger partial charge in [-0.3, -0.25) is 9.38 Å². The largest absolute Gasteiger partial charge is 0.309 e. The molecule has 5 nitrogen and oxygen atoms in total. The summed E-state index contributed by atoms with van der Waals surface area (Å²) in [6.45, 7) is 0. The highest BCUT2D eigenvalue weighted by molar-refractivity contribution is 6.31. The van der Waals surface area contributed by atoms with E-state index in [0.717, 1.165) is 44.3 Å². The molecule has 0 bridgehead atoms. The highest BCUT2D eigenvalue weighted by Crippen LogP contribution is 2.44. The van der Waals surface area contributed by atoms with E-state index in [0.29, 0.717) is 0 Å². The molecule has 0 saturated carbocycles. The predicted molar refractivity (Wildman–Crippen MR) is 194 cm³/mol. The van der Waals surface area contributed by atoms with E-state index in [9.17, 15) is 0 Å². The van der Waals surface area contributed by atoms with Crippen LogP contribution >= 0.6 is 0 Å². The molecular weight excluding hydrogens is 574 g/mol. The maximum absolute atomic E-state index is 5.23. The van der Waals surface area contributed by atoms with Gasteiger partial charge in [0.2, 0.25) is 0 Å². The average molecular weight is 600 g/mol. The maximum atomic E-state index is 5.23. The lowest BCUT2D eigenvalue weighted by atomic mass is 10.0. The van der Waals surface area contributed by atoms with Crippen molar-refractivity contribution in [2.75, 3.05) is 0 Å². The Morgan fingerprint density at radius 1 is 0.404 bits per heavy atom. The highest BCUT2D eigenvalue weighted by Gasteiger charge is 2.22. The Morgan fingerprint density at radius 2 is 1.04 bits per heavy atom. The second kappa shape index (κ2) is 9.05. The van der Waals surface area contributed by atoms with Crippen LogP contribution in [-0.2, 0) is 0 Å². The minimum Gasteiger partial charge on any atom is -0.309 e. The van der Waals surface area contributed by atoms with Gasteiger partial charge in [0, 0.05) is 49.9 Å². The molecule has 0 aliphatic carbocycles. The zero-order chi connectivity index (χ0) is 30.6. The second-order valence-corrected chi connectivity index (χ2v) is 12.3. The van der Waals surface area contributed by atoms with Crippen molar-refractivity contribution < 1.29 is 0 Å². The van der Waals surface area contributed by atoms with E-state index < -0.39 is 0 Å². The highest BCUT2D eigenvalue weighted by atomic mass is 15.0. The molecule has 0 saturated heterocycles. The number of benzene rings is 6. The third kappa shape index (κ3) is 3.22. The van der Waals surface area contributed by atoms with Gasteiger partial charge in [-0.25, -0.2) is 4.98 Å². The van der Waals surface area contributed by atoms with E-state index in [1.807, 2.05) is 12.4 Å². The van der Waals surface area contributed by atoms with Crippen molar-refractivity contribution in [3.05, 3.63) is 152 Å². The summed E-state index contributed by atoms with van der Waals surface area (Å²) in [5.41, 5.74) is 11.1. The summed E-state index contributed by atoms with van der Waals surface area (Å²) in [6.07, 6.45) is 3.86. The van der Waals surface area contributed by atoms with Gasteiger partial charge in [-0.05, 0) is 78.2 Å². The fraction of sp³-hybridized carbons (Fsp3) is 0. The van der Waals surface area contributed by atoms with Crippen molar-refractivity contribution in [1.82, 2.24) is 23.5 Å². The molecule has 0 radical (unpaired) electrons. The number of aromatic nitrogens is 5. The van der Waals surface area contributed by atoms with E-state index in [2.05, 4.69) is 158 Å². The van der Waals surface area contributed by atoms with Crippen molar-refractivity contribution in [3.8, 4) is 11.4 Å². The number of hydrogen-bond acceptors (Lipinski definition) is 2.